The second kappa shape index (κ2) is 9.85. The highest BCUT2D eigenvalue weighted by Crippen LogP contribution is 2.37. The number of amides is 2. The smallest absolute Gasteiger partial charge is 0.230 e. The summed E-state index contributed by atoms with van der Waals surface area (Å²) in [4.78, 5) is 34.5. The van der Waals surface area contributed by atoms with Gasteiger partial charge in [-0.15, -0.1) is 0 Å². The number of nitrogens with zero attached hydrogens (tertiary/aromatic N) is 3. The molecule has 1 saturated heterocycles. The first-order valence-electron chi connectivity index (χ1n) is 12.0. The third-order valence-corrected chi connectivity index (χ3v) is 7.19. The lowest BCUT2D eigenvalue weighted by Gasteiger charge is -2.43. The zero-order chi connectivity index (χ0) is 22.6. The number of aromatic nitrogens is 1. The number of likely N-dealkylation sites (tertiary alicyclic amines) is 1. The van der Waals surface area contributed by atoms with Crippen molar-refractivity contribution >= 4 is 11.8 Å². The summed E-state index contributed by atoms with van der Waals surface area (Å²) in [6.07, 6.45) is 11.4. The minimum atomic E-state index is -0.569. The summed E-state index contributed by atoms with van der Waals surface area (Å²) < 4.78 is 0. The van der Waals surface area contributed by atoms with Crippen LogP contribution in [-0.4, -0.2) is 53.8 Å². The predicted molar refractivity (Wildman–Crippen MR) is 127 cm³/mol. The van der Waals surface area contributed by atoms with E-state index in [2.05, 4.69) is 35.3 Å². The normalized spacial score (nSPS) is 21.5. The maximum absolute atomic E-state index is 13.5. The van der Waals surface area contributed by atoms with E-state index in [4.69, 9.17) is 0 Å². The van der Waals surface area contributed by atoms with E-state index in [0.717, 1.165) is 36.1 Å². The molecule has 2 heterocycles. The summed E-state index contributed by atoms with van der Waals surface area (Å²) in [6, 6.07) is 12.4. The Morgan fingerprint density at radius 1 is 1.09 bits per heavy atom. The van der Waals surface area contributed by atoms with Crippen LogP contribution in [0, 0.1) is 11.3 Å². The minimum absolute atomic E-state index is 0.127. The molecule has 0 radical (unpaired) electrons. The van der Waals surface area contributed by atoms with Gasteiger partial charge in [-0.1, -0.05) is 43.2 Å². The van der Waals surface area contributed by atoms with Gasteiger partial charge in [0.1, 0.15) is 0 Å². The van der Waals surface area contributed by atoms with E-state index in [1.807, 2.05) is 31.3 Å². The average Bonchev–Trinajstić information content (AvgIpc) is 3.32. The van der Waals surface area contributed by atoms with Crippen LogP contribution in [-0.2, 0) is 16.0 Å². The molecule has 1 unspecified atom stereocenters. The van der Waals surface area contributed by atoms with Crippen LogP contribution in [0.25, 0.3) is 11.1 Å². The largest absolute Gasteiger partial charge is 0.348 e. The van der Waals surface area contributed by atoms with Crippen molar-refractivity contribution in [1.29, 1.82) is 0 Å². The van der Waals surface area contributed by atoms with Gasteiger partial charge in [-0.3, -0.25) is 14.6 Å². The SMILES string of the molecule is CN(C)C(=O)C1(Cc2cccc(-c3cccnc3)c2)CCCN(C(=O)CC2CCCC2)C1. The van der Waals surface area contributed by atoms with E-state index in [1.54, 1.807) is 11.1 Å². The lowest BCUT2D eigenvalue weighted by molar-refractivity contribution is -0.147. The molecule has 1 aliphatic heterocycles. The highest BCUT2D eigenvalue weighted by Gasteiger charge is 2.44. The number of pyridine rings is 1. The summed E-state index contributed by atoms with van der Waals surface area (Å²) in [6.45, 7) is 1.29. The summed E-state index contributed by atoms with van der Waals surface area (Å²) in [5.41, 5.74) is 2.74. The summed E-state index contributed by atoms with van der Waals surface area (Å²) >= 11 is 0. The Kier molecular flexibility index (Phi) is 6.92. The Hall–Kier alpha value is -2.69. The number of hydrogen-bond donors (Lipinski definition) is 0. The molecule has 2 aliphatic rings. The van der Waals surface area contributed by atoms with E-state index in [1.165, 1.54) is 25.7 Å². The molecule has 0 bridgehead atoms. The summed E-state index contributed by atoms with van der Waals surface area (Å²) in [5.74, 6) is 0.888. The van der Waals surface area contributed by atoms with Crippen LogP contribution in [0.15, 0.2) is 48.8 Å². The number of rotatable bonds is 6. The predicted octanol–water partition coefficient (Wildman–Crippen LogP) is 4.57. The van der Waals surface area contributed by atoms with Gasteiger partial charge in [-0.05, 0) is 60.8 Å². The van der Waals surface area contributed by atoms with E-state index in [9.17, 15) is 9.59 Å². The zero-order valence-electron chi connectivity index (χ0n) is 19.4. The molecule has 2 amide bonds. The molecule has 1 aromatic carbocycles. The molecule has 1 atom stereocenters. The Morgan fingerprint density at radius 2 is 1.88 bits per heavy atom. The fraction of sp³-hybridized carbons (Fsp3) is 0.519. The third-order valence-electron chi connectivity index (χ3n) is 7.19. The van der Waals surface area contributed by atoms with E-state index < -0.39 is 5.41 Å². The molecule has 1 aliphatic carbocycles. The van der Waals surface area contributed by atoms with Gasteiger partial charge in [0.05, 0.1) is 5.41 Å². The van der Waals surface area contributed by atoms with E-state index in [-0.39, 0.29) is 11.8 Å². The summed E-state index contributed by atoms with van der Waals surface area (Å²) in [7, 11) is 3.66. The molecule has 32 heavy (non-hydrogen) atoms. The van der Waals surface area contributed by atoms with Crippen LogP contribution in [0.3, 0.4) is 0 Å². The van der Waals surface area contributed by atoms with Crippen LogP contribution in [0.5, 0.6) is 0 Å². The topological polar surface area (TPSA) is 53.5 Å². The molecule has 4 rings (SSSR count). The average molecular weight is 434 g/mol. The van der Waals surface area contributed by atoms with Gasteiger partial charge >= 0.3 is 0 Å². The molecule has 2 fully saturated rings. The fourth-order valence-corrected chi connectivity index (χ4v) is 5.59. The van der Waals surface area contributed by atoms with Crippen molar-refractivity contribution < 1.29 is 9.59 Å². The van der Waals surface area contributed by atoms with Crippen molar-refractivity contribution in [2.75, 3.05) is 27.2 Å². The van der Waals surface area contributed by atoms with Crippen molar-refractivity contribution in [2.45, 2.75) is 51.4 Å². The van der Waals surface area contributed by atoms with Gasteiger partial charge in [0.2, 0.25) is 11.8 Å². The number of piperidine rings is 1. The highest BCUT2D eigenvalue weighted by molar-refractivity contribution is 5.85. The van der Waals surface area contributed by atoms with Gasteiger partial charge in [0.15, 0.2) is 0 Å². The second-order valence-electron chi connectivity index (χ2n) is 9.87. The number of hydrogen-bond acceptors (Lipinski definition) is 3. The molecule has 2 aromatic rings. The van der Waals surface area contributed by atoms with E-state index in [0.29, 0.717) is 25.3 Å². The standard InChI is InChI=1S/C27H35N3O2/c1-29(2)26(32)27(13-7-15-30(20-27)25(31)17-21-8-3-4-9-21)18-22-10-5-11-23(16-22)24-12-6-14-28-19-24/h5-6,10-12,14,16,19,21H,3-4,7-9,13,15,17-18,20H2,1-2H3. The number of carbonyl (C=O) groups excluding carboxylic acids is 2. The number of benzene rings is 1. The van der Waals surface area contributed by atoms with Crippen molar-refractivity contribution in [1.82, 2.24) is 14.8 Å². The first kappa shape index (κ1) is 22.5. The molecule has 1 aromatic heterocycles. The second-order valence-corrected chi connectivity index (χ2v) is 9.87. The van der Waals surface area contributed by atoms with Crippen LogP contribution in [0.4, 0.5) is 0 Å². The third kappa shape index (κ3) is 5.03. The Morgan fingerprint density at radius 3 is 2.59 bits per heavy atom. The molecule has 5 nitrogen and oxygen atoms in total. The van der Waals surface area contributed by atoms with Gasteiger partial charge in [0.25, 0.3) is 0 Å². The molecule has 0 spiro atoms. The lowest BCUT2D eigenvalue weighted by Crippen LogP contribution is -2.54. The Bertz CT molecular complexity index is 937. The van der Waals surface area contributed by atoms with Gasteiger partial charge in [-0.2, -0.15) is 0 Å². The molecule has 170 valence electrons. The van der Waals surface area contributed by atoms with E-state index >= 15 is 0 Å². The van der Waals surface area contributed by atoms with Gasteiger partial charge in [-0.25, -0.2) is 0 Å². The quantitative estimate of drug-likeness (QED) is 0.671. The molecule has 0 N–H and O–H groups in total. The molecular formula is C27H35N3O2. The molecular weight excluding hydrogens is 398 g/mol. The maximum Gasteiger partial charge on any atom is 0.230 e. The van der Waals surface area contributed by atoms with Crippen LogP contribution < -0.4 is 0 Å². The first-order valence-corrected chi connectivity index (χ1v) is 12.0. The van der Waals surface area contributed by atoms with Crippen LogP contribution >= 0.6 is 0 Å². The fourth-order valence-electron chi connectivity index (χ4n) is 5.59. The monoisotopic (exact) mass is 433 g/mol. The first-order chi connectivity index (χ1) is 15.5. The van der Waals surface area contributed by atoms with Crippen LogP contribution in [0.1, 0.15) is 50.5 Å². The van der Waals surface area contributed by atoms with Gasteiger partial charge in [0, 0.05) is 46.0 Å². The zero-order valence-corrected chi connectivity index (χ0v) is 19.4. The number of carbonyl (C=O) groups is 2. The van der Waals surface area contributed by atoms with Crippen molar-refractivity contribution in [3.05, 3.63) is 54.4 Å². The molecule has 5 heteroatoms. The Balaban J connectivity index is 1.57. The van der Waals surface area contributed by atoms with Crippen molar-refractivity contribution in [2.24, 2.45) is 11.3 Å². The van der Waals surface area contributed by atoms with Crippen molar-refractivity contribution in [3.8, 4) is 11.1 Å². The van der Waals surface area contributed by atoms with Crippen LogP contribution in [0.2, 0.25) is 0 Å². The highest BCUT2D eigenvalue weighted by atomic mass is 16.2. The van der Waals surface area contributed by atoms with Gasteiger partial charge < -0.3 is 9.80 Å². The summed E-state index contributed by atoms with van der Waals surface area (Å²) in [5, 5.41) is 0. The Labute approximate surface area is 191 Å². The molecule has 1 saturated carbocycles. The minimum Gasteiger partial charge on any atom is -0.348 e. The lowest BCUT2D eigenvalue weighted by atomic mass is 9.73. The maximum atomic E-state index is 13.5. The van der Waals surface area contributed by atoms with Crippen molar-refractivity contribution in [3.63, 3.8) is 0 Å².